The van der Waals surface area contributed by atoms with Crippen molar-refractivity contribution in [1.82, 2.24) is 5.43 Å². The second kappa shape index (κ2) is 11.3. The van der Waals surface area contributed by atoms with Crippen molar-refractivity contribution in [3.05, 3.63) is 80.8 Å². The molecule has 0 unspecified atom stereocenters. The molecule has 3 aromatic carbocycles. The molecule has 3 aromatic rings. The number of rotatable bonds is 8. The van der Waals surface area contributed by atoms with Gasteiger partial charge in [-0.15, -0.1) is 0 Å². The Kier molecular flexibility index (Phi) is 7.92. The molecule has 0 aromatic heterocycles. The number of fused-ring (bicyclic) bond motifs is 1. The molecule has 1 aliphatic rings. The number of nitrogens with one attached hydrogen (secondary N) is 1. The molecule has 0 saturated heterocycles. The van der Waals surface area contributed by atoms with Crippen molar-refractivity contribution in [2.45, 2.75) is 13.0 Å². The van der Waals surface area contributed by atoms with Crippen LogP contribution in [0.5, 0.6) is 23.0 Å². The van der Waals surface area contributed by atoms with Crippen molar-refractivity contribution < 1.29 is 23.7 Å². The number of amides is 1. The van der Waals surface area contributed by atoms with Crippen LogP contribution in [0, 0.1) is 0 Å². The number of methoxy groups -OCH3 is 1. The smallest absolute Gasteiger partial charge is 0.244 e. The van der Waals surface area contributed by atoms with E-state index in [0.717, 1.165) is 16.7 Å². The Balaban J connectivity index is 1.36. The number of carbonyl (C=O) groups is 1. The lowest BCUT2D eigenvalue weighted by molar-refractivity contribution is -0.120. The summed E-state index contributed by atoms with van der Waals surface area (Å²) in [4.78, 5) is 12.3. The summed E-state index contributed by atoms with van der Waals surface area (Å²) in [5, 5.41) is 4.73. The van der Waals surface area contributed by atoms with Crippen molar-refractivity contribution >= 4 is 39.7 Å². The van der Waals surface area contributed by atoms with Crippen molar-refractivity contribution in [3.8, 4) is 23.0 Å². The molecule has 0 saturated carbocycles. The van der Waals surface area contributed by atoms with E-state index < -0.39 is 0 Å². The normalized spacial score (nSPS) is 12.4. The lowest BCUT2D eigenvalue weighted by atomic mass is 10.1. The third kappa shape index (κ3) is 6.21. The van der Waals surface area contributed by atoms with Crippen LogP contribution in [0.3, 0.4) is 0 Å². The molecule has 7 nitrogen and oxygen atoms in total. The minimum atomic E-state index is -0.248. The zero-order chi connectivity index (χ0) is 23.9. The predicted octanol–water partition coefficient (Wildman–Crippen LogP) is 5.15. The lowest BCUT2D eigenvalue weighted by Gasteiger charge is -2.18. The Hall–Kier alpha value is -3.23. The molecular weight excluding hydrogens is 524 g/mol. The summed E-state index contributed by atoms with van der Waals surface area (Å²) in [5.74, 6) is 2.19. The highest BCUT2D eigenvalue weighted by Gasteiger charge is 2.14. The molecule has 0 atom stereocenters. The van der Waals surface area contributed by atoms with Crippen molar-refractivity contribution in [1.29, 1.82) is 0 Å². The third-order valence-corrected chi connectivity index (χ3v) is 5.76. The topological polar surface area (TPSA) is 78.4 Å². The van der Waals surface area contributed by atoms with Gasteiger partial charge in [0.05, 0.1) is 24.2 Å². The summed E-state index contributed by atoms with van der Waals surface area (Å²) in [6, 6.07) is 16.5. The molecule has 1 aliphatic heterocycles. The van der Waals surface area contributed by atoms with E-state index in [-0.39, 0.29) is 12.3 Å². The third-order valence-electron chi connectivity index (χ3n) is 4.92. The van der Waals surface area contributed by atoms with Gasteiger partial charge >= 0.3 is 0 Å². The molecule has 1 amide bonds. The van der Waals surface area contributed by atoms with Crippen LogP contribution < -0.4 is 24.4 Å². The van der Waals surface area contributed by atoms with E-state index in [0.29, 0.717) is 52.3 Å². The van der Waals surface area contributed by atoms with Gasteiger partial charge in [0, 0.05) is 5.02 Å². The molecule has 0 radical (unpaired) electrons. The van der Waals surface area contributed by atoms with Crippen LogP contribution in [0.4, 0.5) is 0 Å². The van der Waals surface area contributed by atoms with Gasteiger partial charge in [-0.2, -0.15) is 5.10 Å². The molecule has 0 spiro atoms. The molecule has 1 N–H and O–H groups in total. The number of hydrogen-bond donors (Lipinski definition) is 1. The highest BCUT2D eigenvalue weighted by Crippen LogP contribution is 2.37. The fourth-order valence-corrected chi connectivity index (χ4v) is 3.99. The van der Waals surface area contributed by atoms with Crippen LogP contribution in [0.2, 0.25) is 5.02 Å². The SMILES string of the molecule is COc1cc(/C=N/NC(=O)Cc2ccc3c(c2)OCCO3)cc(Br)c1OCc1ccc(Cl)cc1. The van der Waals surface area contributed by atoms with Crippen molar-refractivity contribution in [2.24, 2.45) is 5.10 Å². The van der Waals surface area contributed by atoms with Crippen LogP contribution in [-0.2, 0) is 17.8 Å². The van der Waals surface area contributed by atoms with E-state index in [1.807, 2.05) is 42.5 Å². The summed E-state index contributed by atoms with van der Waals surface area (Å²) in [5.41, 5.74) is 5.05. The molecule has 0 aliphatic carbocycles. The van der Waals surface area contributed by atoms with Gasteiger partial charge in [0.15, 0.2) is 23.0 Å². The van der Waals surface area contributed by atoms with Crippen LogP contribution in [0.15, 0.2) is 64.2 Å². The number of nitrogens with zero attached hydrogens (tertiary/aromatic N) is 1. The first-order chi connectivity index (χ1) is 16.5. The van der Waals surface area contributed by atoms with Gasteiger partial charge < -0.3 is 18.9 Å². The van der Waals surface area contributed by atoms with Gasteiger partial charge in [0.1, 0.15) is 19.8 Å². The number of hydrogen-bond acceptors (Lipinski definition) is 6. The fraction of sp³-hybridized carbons (Fsp3) is 0.200. The average Bonchev–Trinajstić information content (AvgIpc) is 2.84. The molecule has 176 valence electrons. The highest BCUT2D eigenvalue weighted by atomic mass is 79.9. The fourth-order valence-electron chi connectivity index (χ4n) is 3.29. The second-order valence-electron chi connectivity index (χ2n) is 7.40. The molecule has 9 heteroatoms. The molecule has 34 heavy (non-hydrogen) atoms. The van der Waals surface area contributed by atoms with E-state index in [9.17, 15) is 4.79 Å². The maximum absolute atomic E-state index is 12.3. The van der Waals surface area contributed by atoms with Gasteiger partial charge in [0.25, 0.3) is 0 Å². The quantitative estimate of drug-likeness (QED) is 0.313. The number of carbonyl (C=O) groups excluding carboxylic acids is 1. The molecular formula is C25H22BrClN2O5. The Morgan fingerprint density at radius 2 is 1.82 bits per heavy atom. The minimum absolute atomic E-state index is 0.165. The molecule has 1 heterocycles. The Morgan fingerprint density at radius 1 is 1.09 bits per heavy atom. The van der Waals surface area contributed by atoms with E-state index in [1.165, 1.54) is 6.21 Å². The van der Waals surface area contributed by atoms with Crippen LogP contribution in [0.1, 0.15) is 16.7 Å². The van der Waals surface area contributed by atoms with E-state index in [4.69, 9.17) is 30.5 Å². The standard InChI is InChI=1S/C25H22BrClN2O5/c1-31-23-12-18(10-20(26)25(23)34-15-16-2-5-19(27)6-3-16)14-28-29-24(30)13-17-4-7-21-22(11-17)33-9-8-32-21/h2-7,10-12,14H,8-9,13,15H2,1H3,(H,29,30)/b28-14+. The highest BCUT2D eigenvalue weighted by molar-refractivity contribution is 9.10. The van der Waals surface area contributed by atoms with Gasteiger partial charge in [-0.3, -0.25) is 4.79 Å². The van der Waals surface area contributed by atoms with E-state index in [2.05, 4.69) is 26.5 Å². The maximum atomic E-state index is 12.3. The first-order valence-corrected chi connectivity index (χ1v) is 11.6. The molecule has 4 rings (SSSR count). The summed E-state index contributed by atoms with van der Waals surface area (Å²) in [7, 11) is 1.56. The van der Waals surface area contributed by atoms with Crippen molar-refractivity contribution in [2.75, 3.05) is 20.3 Å². The van der Waals surface area contributed by atoms with Crippen LogP contribution in [-0.4, -0.2) is 32.4 Å². The van der Waals surface area contributed by atoms with Gasteiger partial charge in [-0.05, 0) is 69.0 Å². The largest absolute Gasteiger partial charge is 0.493 e. The zero-order valence-electron chi connectivity index (χ0n) is 18.3. The summed E-state index contributed by atoms with van der Waals surface area (Å²) in [6.45, 7) is 1.38. The minimum Gasteiger partial charge on any atom is -0.493 e. The summed E-state index contributed by atoms with van der Waals surface area (Å²) in [6.07, 6.45) is 1.70. The maximum Gasteiger partial charge on any atom is 0.244 e. The average molecular weight is 546 g/mol. The predicted molar refractivity (Wildman–Crippen MR) is 133 cm³/mol. The zero-order valence-corrected chi connectivity index (χ0v) is 20.7. The van der Waals surface area contributed by atoms with E-state index in [1.54, 1.807) is 19.2 Å². The summed E-state index contributed by atoms with van der Waals surface area (Å²) < 4.78 is 23.2. The number of ether oxygens (including phenoxy) is 4. The Labute approximate surface area is 210 Å². The summed E-state index contributed by atoms with van der Waals surface area (Å²) >= 11 is 9.45. The first kappa shape index (κ1) is 23.9. The second-order valence-corrected chi connectivity index (χ2v) is 8.69. The van der Waals surface area contributed by atoms with Gasteiger partial charge in [0.2, 0.25) is 5.91 Å². The van der Waals surface area contributed by atoms with Crippen LogP contribution >= 0.6 is 27.5 Å². The Morgan fingerprint density at radius 3 is 2.59 bits per heavy atom. The monoisotopic (exact) mass is 544 g/mol. The van der Waals surface area contributed by atoms with Gasteiger partial charge in [-0.1, -0.05) is 29.8 Å². The first-order valence-electron chi connectivity index (χ1n) is 10.5. The molecule has 0 fully saturated rings. The van der Waals surface area contributed by atoms with Gasteiger partial charge in [-0.25, -0.2) is 5.43 Å². The lowest BCUT2D eigenvalue weighted by Crippen LogP contribution is -2.20. The van der Waals surface area contributed by atoms with Crippen molar-refractivity contribution in [3.63, 3.8) is 0 Å². The Bertz CT molecular complexity index is 1200. The van der Waals surface area contributed by atoms with Crippen LogP contribution in [0.25, 0.3) is 0 Å². The van der Waals surface area contributed by atoms with E-state index >= 15 is 0 Å². The number of halogens is 2. The number of hydrazone groups is 1. The molecule has 0 bridgehead atoms. The number of benzene rings is 3.